The highest BCUT2D eigenvalue weighted by Crippen LogP contribution is 2.15. The molecule has 0 radical (unpaired) electrons. The second kappa shape index (κ2) is 6.62. The van der Waals surface area contributed by atoms with Gasteiger partial charge >= 0.3 is 0 Å². The summed E-state index contributed by atoms with van der Waals surface area (Å²) >= 11 is 1.23. The first-order valence-corrected chi connectivity index (χ1v) is 8.08. The zero-order valence-corrected chi connectivity index (χ0v) is 14.2. The molecule has 24 heavy (non-hydrogen) atoms. The lowest BCUT2D eigenvalue weighted by atomic mass is 10.2. The van der Waals surface area contributed by atoms with Crippen molar-refractivity contribution in [3.63, 3.8) is 0 Å². The van der Waals surface area contributed by atoms with Crippen molar-refractivity contribution in [1.82, 2.24) is 14.8 Å². The maximum Gasteiger partial charge on any atom is 0.266 e. The zero-order chi connectivity index (χ0) is 15.8. The van der Waals surface area contributed by atoms with E-state index in [0.717, 1.165) is 25.1 Å². The Balaban J connectivity index is 0.00000169. The van der Waals surface area contributed by atoms with Crippen molar-refractivity contribution in [2.24, 2.45) is 0 Å². The number of aryl methyl sites for hydroxylation is 2. The van der Waals surface area contributed by atoms with Crippen molar-refractivity contribution in [3.05, 3.63) is 61.2 Å². The Labute approximate surface area is 146 Å². The maximum atomic E-state index is 12.0. The molecule has 1 N–H and O–H groups in total. The number of nitrogens with one attached hydrogen (secondary N) is 1. The van der Waals surface area contributed by atoms with Crippen molar-refractivity contribution in [1.29, 1.82) is 0 Å². The fraction of sp³-hybridized carbons (Fsp3) is 0.188. The molecule has 3 aromatic rings. The number of aromatic nitrogens is 3. The Hall–Kier alpha value is -2.38. The molecule has 0 saturated carbocycles. The van der Waals surface area contributed by atoms with E-state index in [-0.39, 0.29) is 29.5 Å². The van der Waals surface area contributed by atoms with Crippen LogP contribution in [0.5, 0.6) is 0 Å². The number of H-pyrrole nitrogens is 1. The van der Waals surface area contributed by atoms with E-state index < -0.39 is 0 Å². The first-order valence-electron chi connectivity index (χ1n) is 7.26. The highest BCUT2D eigenvalue weighted by atomic mass is 35.5. The second-order valence-corrected chi connectivity index (χ2v) is 6.39. The van der Waals surface area contributed by atoms with Crippen LogP contribution >= 0.6 is 23.7 Å². The van der Waals surface area contributed by atoms with Crippen molar-refractivity contribution < 1.29 is 9.21 Å². The molecule has 0 atom stereocenters. The number of ketones is 1. The average molecular weight is 364 g/mol. The molecular formula is C16H14ClN3O3S. The van der Waals surface area contributed by atoms with E-state index in [1.807, 2.05) is 10.7 Å². The SMILES string of the molecule is Cl.O=C(/C=c1/[nH]c(=O)/c(=C/c2cc3n(n2)CCC3)s1)c1ccco1. The quantitative estimate of drug-likeness (QED) is 0.706. The molecule has 124 valence electrons. The predicted octanol–water partition coefficient (Wildman–Crippen LogP) is 1.09. The summed E-state index contributed by atoms with van der Waals surface area (Å²) in [6.45, 7) is 0.931. The van der Waals surface area contributed by atoms with Gasteiger partial charge in [-0.25, -0.2) is 0 Å². The van der Waals surface area contributed by atoms with E-state index in [4.69, 9.17) is 4.42 Å². The van der Waals surface area contributed by atoms with Gasteiger partial charge in [0.05, 0.1) is 21.2 Å². The number of aromatic amines is 1. The third-order valence-corrected chi connectivity index (χ3v) is 4.63. The fourth-order valence-corrected chi connectivity index (χ4v) is 3.49. The molecule has 3 aromatic heterocycles. The number of fused-ring (bicyclic) bond motifs is 1. The zero-order valence-electron chi connectivity index (χ0n) is 12.5. The van der Waals surface area contributed by atoms with Crippen LogP contribution in [0.2, 0.25) is 0 Å². The van der Waals surface area contributed by atoms with Crippen LogP contribution in [0, 0.1) is 0 Å². The summed E-state index contributed by atoms with van der Waals surface area (Å²) < 4.78 is 8.04. The molecule has 4 rings (SSSR count). The summed E-state index contributed by atoms with van der Waals surface area (Å²) in [4.78, 5) is 26.7. The smallest absolute Gasteiger partial charge is 0.266 e. The molecule has 4 heterocycles. The number of carbonyl (C=O) groups excluding carboxylic acids is 1. The van der Waals surface area contributed by atoms with Gasteiger partial charge in [0.25, 0.3) is 5.56 Å². The molecule has 0 spiro atoms. The molecule has 0 unspecified atom stereocenters. The Morgan fingerprint density at radius 2 is 2.33 bits per heavy atom. The lowest BCUT2D eigenvalue weighted by molar-refractivity contribution is 0.103. The first kappa shape index (κ1) is 16.5. The van der Waals surface area contributed by atoms with Crippen LogP contribution in [0.15, 0.2) is 33.7 Å². The van der Waals surface area contributed by atoms with Gasteiger partial charge in [-0.3, -0.25) is 14.3 Å². The standard InChI is InChI=1S/C16H13N3O3S.ClH/c20-12(13-4-2-6-22-13)9-15-17-16(21)14(23-15)8-10-7-11-3-1-5-19(11)18-10;/h2,4,6-9H,1,3,5H2,(H,17,21);1H/b14-8-,15-9-;. The molecule has 0 aliphatic carbocycles. The lowest BCUT2D eigenvalue weighted by Gasteiger charge is -1.89. The number of rotatable bonds is 3. The van der Waals surface area contributed by atoms with Gasteiger partial charge in [0.2, 0.25) is 5.78 Å². The molecule has 0 aromatic carbocycles. The summed E-state index contributed by atoms with van der Waals surface area (Å²) in [5.74, 6) is -0.0321. The van der Waals surface area contributed by atoms with E-state index in [1.165, 1.54) is 29.4 Å². The normalized spacial score (nSPS) is 14.7. The second-order valence-electron chi connectivity index (χ2n) is 5.30. The van der Waals surface area contributed by atoms with Crippen molar-refractivity contribution in [2.45, 2.75) is 19.4 Å². The number of hydrogen-bond donors (Lipinski definition) is 1. The minimum atomic E-state index is -0.278. The third kappa shape index (κ3) is 3.13. The van der Waals surface area contributed by atoms with Crippen LogP contribution in [-0.4, -0.2) is 20.5 Å². The molecule has 0 saturated heterocycles. The van der Waals surface area contributed by atoms with Crippen LogP contribution in [0.1, 0.15) is 28.4 Å². The number of hydrogen-bond acceptors (Lipinski definition) is 5. The summed E-state index contributed by atoms with van der Waals surface area (Å²) in [6.07, 6.45) is 6.71. The summed E-state index contributed by atoms with van der Waals surface area (Å²) in [5.41, 5.74) is 1.75. The maximum absolute atomic E-state index is 12.0. The number of furan rings is 1. The van der Waals surface area contributed by atoms with Gasteiger partial charge in [0, 0.05) is 18.3 Å². The molecule has 6 nitrogen and oxygen atoms in total. The van der Waals surface area contributed by atoms with E-state index >= 15 is 0 Å². The van der Waals surface area contributed by atoms with Crippen LogP contribution < -0.4 is 14.8 Å². The van der Waals surface area contributed by atoms with Crippen molar-refractivity contribution in [2.75, 3.05) is 0 Å². The monoisotopic (exact) mass is 363 g/mol. The topological polar surface area (TPSA) is 80.9 Å². The van der Waals surface area contributed by atoms with Gasteiger partial charge in [-0.05, 0) is 37.1 Å². The Bertz CT molecular complexity index is 1020. The van der Waals surface area contributed by atoms with E-state index in [9.17, 15) is 9.59 Å². The molecule has 1 aliphatic heterocycles. The highest BCUT2D eigenvalue weighted by Gasteiger charge is 2.12. The third-order valence-electron chi connectivity index (χ3n) is 3.67. The van der Waals surface area contributed by atoms with E-state index in [1.54, 1.807) is 18.2 Å². The molecule has 8 heteroatoms. The van der Waals surface area contributed by atoms with Crippen LogP contribution in [0.3, 0.4) is 0 Å². The molecule has 0 bridgehead atoms. The van der Waals surface area contributed by atoms with Crippen molar-refractivity contribution >= 4 is 41.7 Å². The van der Waals surface area contributed by atoms with Gasteiger partial charge in [0.15, 0.2) is 5.76 Å². The number of carbonyl (C=O) groups is 1. The van der Waals surface area contributed by atoms with Crippen LogP contribution in [-0.2, 0) is 13.0 Å². The number of Topliss-reactive ketones (excluding diaryl/α,β-unsaturated/α-hetero) is 1. The van der Waals surface area contributed by atoms with Crippen LogP contribution in [0.25, 0.3) is 12.2 Å². The Kier molecular flexibility index (Phi) is 4.55. The minimum absolute atomic E-state index is 0. The number of thiazole rings is 1. The molecule has 0 fully saturated rings. The van der Waals surface area contributed by atoms with E-state index in [2.05, 4.69) is 10.1 Å². The molecular weight excluding hydrogens is 350 g/mol. The van der Waals surface area contributed by atoms with E-state index in [0.29, 0.717) is 9.20 Å². The van der Waals surface area contributed by atoms with Crippen molar-refractivity contribution in [3.8, 4) is 0 Å². The largest absolute Gasteiger partial charge is 0.461 e. The summed E-state index contributed by atoms with van der Waals surface area (Å²) in [6, 6.07) is 5.24. The van der Waals surface area contributed by atoms with Gasteiger partial charge in [-0.15, -0.1) is 23.7 Å². The first-order chi connectivity index (χ1) is 11.2. The predicted molar refractivity (Wildman–Crippen MR) is 93.1 cm³/mol. The summed E-state index contributed by atoms with van der Waals surface area (Å²) in [5, 5.41) is 4.46. The summed E-state index contributed by atoms with van der Waals surface area (Å²) in [7, 11) is 0. The minimum Gasteiger partial charge on any atom is -0.461 e. The average Bonchev–Trinajstić information content (AvgIpc) is 3.25. The molecule has 1 aliphatic rings. The van der Waals surface area contributed by atoms with Gasteiger partial charge in [0.1, 0.15) is 0 Å². The van der Waals surface area contributed by atoms with Gasteiger partial charge < -0.3 is 9.40 Å². The molecule has 0 amide bonds. The van der Waals surface area contributed by atoms with Crippen LogP contribution in [0.4, 0.5) is 0 Å². The number of halogens is 1. The lowest BCUT2D eigenvalue weighted by Crippen LogP contribution is -2.20. The number of nitrogens with zero attached hydrogens (tertiary/aromatic N) is 2. The Morgan fingerprint density at radius 3 is 3.08 bits per heavy atom. The fourth-order valence-electron chi connectivity index (χ4n) is 2.62. The highest BCUT2D eigenvalue weighted by molar-refractivity contribution is 7.07. The Morgan fingerprint density at radius 1 is 1.46 bits per heavy atom. The van der Waals surface area contributed by atoms with Gasteiger partial charge in [-0.2, -0.15) is 5.10 Å². The van der Waals surface area contributed by atoms with Gasteiger partial charge in [-0.1, -0.05) is 0 Å².